The van der Waals surface area contributed by atoms with Crippen LogP contribution in [0.3, 0.4) is 0 Å². The van der Waals surface area contributed by atoms with Crippen LogP contribution in [0.1, 0.15) is 39.5 Å². The lowest BCUT2D eigenvalue weighted by atomic mass is 9.99. The minimum absolute atomic E-state index is 0.168. The molecule has 4 unspecified atom stereocenters. The van der Waals surface area contributed by atoms with Gasteiger partial charge in [-0.1, -0.05) is 20.3 Å². The second-order valence-corrected chi connectivity index (χ2v) is 6.87. The smallest absolute Gasteiger partial charge is 0.326 e. The van der Waals surface area contributed by atoms with Gasteiger partial charge in [0.2, 0.25) is 17.7 Å². The zero-order valence-electron chi connectivity index (χ0n) is 16.0. The zero-order chi connectivity index (χ0) is 21.4. The molecule has 4 atom stereocenters. The van der Waals surface area contributed by atoms with Gasteiger partial charge in [0.1, 0.15) is 12.1 Å². The minimum atomic E-state index is -1.40. The van der Waals surface area contributed by atoms with Crippen molar-refractivity contribution >= 4 is 29.7 Å². The Balaban J connectivity index is 2.69. The molecule has 11 heteroatoms. The van der Waals surface area contributed by atoms with Crippen LogP contribution in [0.4, 0.5) is 0 Å². The van der Waals surface area contributed by atoms with E-state index in [0.717, 1.165) is 4.90 Å². The van der Waals surface area contributed by atoms with Crippen LogP contribution in [0.15, 0.2) is 0 Å². The molecule has 1 heterocycles. The maximum atomic E-state index is 12.3. The highest BCUT2D eigenvalue weighted by molar-refractivity contribution is 5.94. The van der Waals surface area contributed by atoms with Crippen LogP contribution < -0.4 is 16.4 Å². The van der Waals surface area contributed by atoms with Crippen molar-refractivity contribution in [2.24, 2.45) is 11.7 Å². The number of nitrogens with one attached hydrogen (secondary N) is 2. The quantitative estimate of drug-likeness (QED) is 0.294. The molecule has 28 heavy (non-hydrogen) atoms. The fourth-order valence-electron chi connectivity index (χ4n) is 2.87. The first-order valence-corrected chi connectivity index (χ1v) is 9.16. The van der Waals surface area contributed by atoms with Gasteiger partial charge in [0.25, 0.3) is 0 Å². The standard InChI is InChI=1S/C17H28N4O7/c1-3-9(2)14(18)16(26)20-10(7-13(23)24)15(25)19-8-12(22)21-6-4-5-11(21)17(27)28/h9-11,14H,3-8,18H2,1-2H3,(H,19,25)(H,20,26)(H,23,24)(H,27,28). The van der Waals surface area contributed by atoms with E-state index in [2.05, 4.69) is 10.6 Å². The Morgan fingerprint density at radius 1 is 1.18 bits per heavy atom. The van der Waals surface area contributed by atoms with Gasteiger partial charge in [-0.15, -0.1) is 0 Å². The Morgan fingerprint density at radius 3 is 2.36 bits per heavy atom. The number of carbonyl (C=O) groups excluding carboxylic acids is 3. The van der Waals surface area contributed by atoms with Gasteiger partial charge < -0.3 is 31.5 Å². The molecule has 1 rings (SSSR count). The van der Waals surface area contributed by atoms with Crippen LogP contribution in [-0.2, 0) is 24.0 Å². The molecule has 1 aliphatic heterocycles. The highest BCUT2D eigenvalue weighted by atomic mass is 16.4. The van der Waals surface area contributed by atoms with Crippen LogP contribution in [0.5, 0.6) is 0 Å². The molecule has 1 aliphatic rings. The number of aliphatic carboxylic acids is 2. The van der Waals surface area contributed by atoms with Crippen molar-refractivity contribution in [2.45, 2.75) is 57.7 Å². The van der Waals surface area contributed by atoms with Gasteiger partial charge in [0, 0.05) is 6.54 Å². The SMILES string of the molecule is CCC(C)C(N)C(=O)NC(CC(=O)O)C(=O)NCC(=O)N1CCCC1C(=O)O. The number of likely N-dealkylation sites (tertiary alicyclic amines) is 1. The summed E-state index contributed by atoms with van der Waals surface area (Å²) < 4.78 is 0. The maximum Gasteiger partial charge on any atom is 0.326 e. The number of hydrogen-bond donors (Lipinski definition) is 5. The van der Waals surface area contributed by atoms with Gasteiger partial charge in [-0.3, -0.25) is 19.2 Å². The molecule has 0 aromatic carbocycles. The number of carboxylic acids is 2. The predicted octanol–water partition coefficient (Wildman–Crippen LogP) is -1.49. The second-order valence-electron chi connectivity index (χ2n) is 6.87. The summed E-state index contributed by atoms with van der Waals surface area (Å²) in [6.45, 7) is 3.37. The Labute approximate surface area is 162 Å². The molecule has 0 aliphatic carbocycles. The Kier molecular flexibility index (Phi) is 8.83. The third-order valence-corrected chi connectivity index (χ3v) is 4.84. The normalized spacial score (nSPS) is 19.4. The van der Waals surface area contributed by atoms with Crippen molar-refractivity contribution in [3.8, 4) is 0 Å². The van der Waals surface area contributed by atoms with E-state index in [1.807, 2.05) is 6.92 Å². The first-order chi connectivity index (χ1) is 13.1. The van der Waals surface area contributed by atoms with Crippen LogP contribution in [0.2, 0.25) is 0 Å². The molecule has 3 amide bonds. The summed E-state index contributed by atoms with van der Waals surface area (Å²) in [4.78, 5) is 60.0. The molecular formula is C17H28N4O7. The van der Waals surface area contributed by atoms with E-state index in [1.165, 1.54) is 0 Å². The molecule has 0 aromatic rings. The molecule has 1 saturated heterocycles. The summed E-state index contributed by atoms with van der Waals surface area (Å²) >= 11 is 0. The molecule has 6 N–H and O–H groups in total. The lowest BCUT2D eigenvalue weighted by Gasteiger charge is -2.24. The third-order valence-electron chi connectivity index (χ3n) is 4.84. The molecule has 0 bridgehead atoms. The first kappa shape index (κ1) is 23.3. The molecule has 0 spiro atoms. The lowest BCUT2D eigenvalue weighted by molar-refractivity contribution is -0.148. The van der Waals surface area contributed by atoms with E-state index in [-0.39, 0.29) is 12.5 Å². The van der Waals surface area contributed by atoms with Gasteiger partial charge in [0.15, 0.2) is 0 Å². The molecule has 0 saturated carbocycles. The van der Waals surface area contributed by atoms with E-state index in [4.69, 9.17) is 15.9 Å². The summed E-state index contributed by atoms with van der Waals surface area (Å²) in [5, 5.41) is 22.7. The van der Waals surface area contributed by atoms with Gasteiger partial charge in [-0.2, -0.15) is 0 Å². The fourth-order valence-corrected chi connectivity index (χ4v) is 2.87. The van der Waals surface area contributed by atoms with Crippen LogP contribution in [-0.4, -0.2) is 76.0 Å². The molecular weight excluding hydrogens is 372 g/mol. The Morgan fingerprint density at radius 2 is 1.82 bits per heavy atom. The van der Waals surface area contributed by atoms with Crippen LogP contribution >= 0.6 is 0 Å². The third kappa shape index (κ3) is 6.48. The van der Waals surface area contributed by atoms with E-state index >= 15 is 0 Å². The summed E-state index contributed by atoms with van der Waals surface area (Å²) in [5.41, 5.74) is 5.79. The second kappa shape index (κ2) is 10.6. The molecule has 1 fully saturated rings. The van der Waals surface area contributed by atoms with Crippen LogP contribution in [0, 0.1) is 5.92 Å². The first-order valence-electron chi connectivity index (χ1n) is 9.16. The highest BCUT2D eigenvalue weighted by Crippen LogP contribution is 2.17. The summed E-state index contributed by atoms with van der Waals surface area (Å²) in [7, 11) is 0. The maximum absolute atomic E-state index is 12.3. The van der Waals surface area contributed by atoms with Gasteiger partial charge in [-0.25, -0.2) is 4.79 Å². The van der Waals surface area contributed by atoms with Gasteiger partial charge in [-0.05, 0) is 18.8 Å². The minimum Gasteiger partial charge on any atom is -0.481 e. The number of amides is 3. The van der Waals surface area contributed by atoms with E-state index in [9.17, 15) is 24.0 Å². The Hall–Kier alpha value is -2.69. The molecule has 0 aromatic heterocycles. The van der Waals surface area contributed by atoms with Gasteiger partial charge >= 0.3 is 11.9 Å². The Bertz CT molecular complexity index is 625. The zero-order valence-corrected chi connectivity index (χ0v) is 16.0. The largest absolute Gasteiger partial charge is 0.481 e. The molecule has 0 radical (unpaired) electrons. The summed E-state index contributed by atoms with van der Waals surface area (Å²) in [6.07, 6.45) is 0.821. The monoisotopic (exact) mass is 400 g/mol. The fraction of sp³-hybridized carbons (Fsp3) is 0.706. The van der Waals surface area contributed by atoms with Crippen molar-refractivity contribution < 1.29 is 34.2 Å². The van der Waals surface area contributed by atoms with E-state index < -0.39 is 60.8 Å². The lowest BCUT2D eigenvalue weighted by Crippen LogP contribution is -2.55. The number of nitrogens with zero attached hydrogens (tertiary/aromatic N) is 1. The van der Waals surface area contributed by atoms with Gasteiger partial charge in [0.05, 0.1) is 19.0 Å². The topological polar surface area (TPSA) is 179 Å². The van der Waals surface area contributed by atoms with Crippen molar-refractivity contribution in [3.05, 3.63) is 0 Å². The summed E-state index contributed by atoms with van der Waals surface area (Å²) in [5.74, 6) is -4.70. The average Bonchev–Trinajstić information content (AvgIpc) is 3.13. The number of rotatable bonds is 10. The average molecular weight is 400 g/mol. The van der Waals surface area contributed by atoms with Crippen molar-refractivity contribution in [1.82, 2.24) is 15.5 Å². The van der Waals surface area contributed by atoms with E-state index in [0.29, 0.717) is 19.3 Å². The number of hydrogen-bond acceptors (Lipinski definition) is 6. The molecule has 11 nitrogen and oxygen atoms in total. The highest BCUT2D eigenvalue weighted by Gasteiger charge is 2.34. The number of carbonyl (C=O) groups is 5. The predicted molar refractivity (Wildman–Crippen MR) is 97.0 cm³/mol. The molecule has 158 valence electrons. The number of nitrogens with two attached hydrogens (primary N) is 1. The van der Waals surface area contributed by atoms with Crippen LogP contribution in [0.25, 0.3) is 0 Å². The van der Waals surface area contributed by atoms with Crippen molar-refractivity contribution in [3.63, 3.8) is 0 Å². The van der Waals surface area contributed by atoms with E-state index in [1.54, 1.807) is 6.92 Å². The van der Waals surface area contributed by atoms with Crippen molar-refractivity contribution in [2.75, 3.05) is 13.1 Å². The summed E-state index contributed by atoms with van der Waals surface area (Å²) in [6, 6.07) is -3.24. The number of carboxylic acid groups (broad SMARTS) is 2. The van der Waals surface area contributed by atoms with Crippen molar-refractivity contribution in [1.29, 1.82) is 0 Å².